The van der Waals surface area contributed by atoms with Gasteiger partial charge in [-0.2, -0.15) is 5.10 Å². The summed E-state index contributed by atoms with van der Waals surface area (Å²) in [6, 6.07) is 9.93. The van der Waals surface area contributed by atoms with Crippen molar-refractivity contribution in [2.75, 3.05) is 22.3 Å². The number of carbonyl (C=O) groups excluding carboxylic acids is 1. The van der Waals surface area contributed by atoms with E-state index in [9.17, 15) is 13.6 Å². The lowest BCUT2D eigenvalue weighted by Gasteiger charge is -2.06. The van der Waals surface area contributed by atoms with Crippen molar-refractivity contribution in [2.45, 2.75) is 5.16 Å². The summed E-state index contributed by atoms with van der Waals surface area (Å²) in [7, 11) is 0. The summed E-state index contributed by atoms with van der Waals surface area (Å²) >= 11 is 6.88. The Hall–Kier alpha value is -3.18. The smallest absolute Gasteiger partial charge is 0.264 e. The van der Waals surface area contributed by atoms with Crippen molar-refractivity contribution in [3.8, 4) is 0 Å². The van der Waals surface area contributed by atoms with Gasteiger partial charge in [-0.25, -0.2) is 18.9 Å². The number of hydrazone groups is 1. The quantitative estimate of drug-likeness (QED) is 0.227. The molecule has 0 saturated carbocycles. The van der Waals surface area contributed by atoms with Crippen LogP contribution in [0, 0.1) is 11.6 Å². The van der Waals surface area contributed by atoms with E-state index in [2.05, 4.69) is 26.0 Å². The van der Waals surface area contributed by atoms with E-state index in [-0.39, 0.29) is 22.5 Å². The molecule has 29 heavy (non-hydrogen) atoms. The van der Waals surface area contributed by atoms with Crippen molar-refractivity contribution in [3.63, 3.8) is 0 Å². The molecule has 2 aromatic carbocycles. The predicted molar refractivity (Wildman–Crippen MR) is 109 cm³/mol. The average molecular weight is 438 g/mol. The highest BCUT2D eigenvalue weighted by molar-refractivity contribution is 7.99. The molecule has 1 heterocycles. The highest BCUT2D eigenvalue weighted by Gasteiger charge is 2.13. The van der Waals surface area contributed by atoms with Gasteiger partial charge in [0.2, 0.25) is 11.1 Å². The molecule has 4 N–H and O–H groups in total. The van der Waals surface area contributed by atoms with Crippen molar-refractivity contribution in [1.29, 1.82) is 0 Å². The molecule has 0 atom stereocenters. The number of hydrogen-bond acceptors (Lipinski definition) is 7. The van der Waals surface area contributed by atoms with Crippen LogP contribution in [0.4, 0.5) is 20.4 Å². The Morgan fingerprint density at radius 3 is 2.86 bits per heavy atom. The Morgan fingerprint density at radius 2 is 2.10 bits per heavy atom. The van der Waals surface area contributed by atoms with Crippen LogP contribution in [0.2, 0.25) is 5.02 Å². The number of benzene rings is 2. The summed E-state index contributed by atoms with van der Waals surface area (Å²) in [6.07, 6.45) is 1.53. The first-order chi connectivity index (χ1) is 13.9. The van der Waals surface area contributed by atoms with Gasteiger partial charge >= 0.3 is 0 Å². The third-order valence-corrected chi connectivity index (χ3v) is 4.61. The van der Waals surface area contributed by atoms with E-state index in [0.29, 0.717) is 11.1 Å². The van der Waals surface area contributed by atoms with E-state index in [4.69, 9.17) is 17.4 Å². The fourth-order valence-electron chi connectivity index (χ4n) is 2.11. The first-order valence-electron chi connectivity index (χ1n) is 8.05. The molecular weight excluding hydrogens is 424 g/mol. The van der Waals surface area contributed by atoms with Crippen molar-refractivity contribution in [1.82, 2.24) is 14.9 Å². The number of nitrogens with two attached hydrogens (primary N) is 1. The molecule has 1 amide bonds. The maximum Gasteiger partial charge on any atom is 0.264 e. The lowest BCUT2D eigenvalue weighted by Crippen LogP contribution is -2.17. The van der Waals surface area contributed by atoms with Gasteiger partial charge in [-0.1, -0.05) is 35.5 Å². The average Bonchev–Trinajstić information content (AvgIpc) is 3.02. The van der Waals surface area contributed by atoms with Gasteiger partial charge in [-0.15, -0.1) is 10.2 Å². The number of rotatable bonds is 7. The van der Waals surface area contributed by atoms with E-state index in [1.807, 2.05) is 6.07 Å². The monoisotopic (exact) mass is 437 g/mol. The van der Waals surface area contributed by atoms with E-state index in [1.165, 1.54) is 6.21 Å². The van der Waals surface area contributed by atoms with Gasteiger partial charge in [0.25, 0.3) is 5.95 Å². The first-order valence-corrected chi connectivity index (χ1v) is 9.41. The van der Waals surface area contributed by atoms with Crippen LogP contribution >= 0.6 is 23.4 Å². The largest absolute Gasteiger partial charge is 0.334 e. The number of carbonyl (C=O) groups is 1. The molecule has 12 heteroatoms. The Kier molecular flexibility index (Phi) is 6.62. The minimum atomic E-state index is -0.866. The molecule has 1 aromatic heterocycles. The van der Waals surface area contributed by atoms with Gasteiger partial charge in [0, 0.05) is 11.1 Å². The Labute approximate surface area is 173 Å². The second-order valence-electron chi connectivity index (χ2n) is 5.56. The Balaban J connectivity index is 1.54. The number of nitrogens with zero attached hydrogens (tertiary/aromatic N) is 4. The van der Waals surface area contributed by atoms with Crippen molar-refractivity contribution < 1.29 is 13.6 Å². The molecule has 0 fully saturated rings. The van der Waals surface area contributed by atoms with Gasteiger partial charge in [0.1, 0.15) is 11.6 Å². The summed E-state index contributed by atoms with van der Waals surface area (Å²) in [6.45, 7) is 0. The molecule has 3 aromatic rings. The Morgan fingerprint density at radius 1 is 1.28 bits per heavy atom. The minimum absolute atomic E-state index is 0.113. The zero-order valence-corrected chi connectivity index (χ0v) is 16.2. The van der Waals surface area contributed by atoms with Gasteiger partial charge < -0.3 is 11.2 Å². The normalized spacial score (nSPS) is 11.0. The number of amides is 1. The number of halogens is 3. The summed E-state index contributed by atoms with van der Waals surface area (Å²) in [5.41, 5.74) is 3.28. The second kappa shape index (κ2) is 9.34. The maximum absolute atomic E-state index is 13.6. The number of nitrogen functional groups attached to an aromatic ring is 1. The van der Waals surface area contributed by atoms with Crippen molar-refractivity contribution in [3.05, 3.63) is 64.7 Å². The standard InChI is InChI=1S/C17H14ClF2N7OS/c18-11-3-1-2-10(6-11)8-22-24-16-25-26-17(27(16)21)29-9-15(28)23-14-5-4-12(19)7-13(14)20/h1-8H,9,21H2,(H,23,28)(H,24,25)/b22-8+. The van der Waals surface area contributed by atoms with Crippen molar-refractivity contribution >= 4 is 47.1 Å². The number of nitrogens with one attached hydrogen (secondary N) is 2. The van der Waals surface area contributed by atoms with Crippen LogP contribution in [0.3, 0.4) is 0 Å². The fraction of sp³-hybridized carbons (Fsp3) is 0.0588. The number of thioether (sulfide) groups is 1. The van der Waals surface area contributed by atoms with E-state index in [0.717, 1.165) is 34.1 Å². The first kappa shape index (κ1) is 20.6. The minimum Gasteiger partial charge on any atom is -0.334 e. The Bertz CT molecular complexity index is 1060. The maximum atomic E-state index is 13.6. The van der Waals surface area contributed by atoms with Crippen LogP contribution in [0.1, 0.15) is 5.56 Å². The molecule has 8 nitrogen and oxygen atoms in total. The van der Waals surface area contributed by atoms with Gasteiger partial charge in [-0.05, 0) is 29.8 Å². The molecule has 3 rings (SSSR count). The second-order valence-corrected chi connectivity index (χ2v) is 6.94. The third kappa shape index (κ3) is 5.65. The summed E-state index contributed by atoms with van der Waals surface area (Å²) in [4.78, 5) is 12.0. The molecule has 150 valence electrons. The number of aromatic nitrogens is 3. The molecule has 0 saturated heterocycles. The third-order valence-electron chi connectivity index (χ3n) is 3.43. The van der Waals surface area contributed by atoms with Crippen LogP contribution in [-0.2, 0) is 4.79 Å². The highest BCUT2D eigenvalue weighted by atomic mass is 35.5. The van der Waals surface area contributed by atoms with E-state index >= 15 is 0 Å². The number of anilines is 2. The van der Waals surface area contributed by atoms with Gasteiger partial charge in [-0.3, -0.25) is 4.79 Å². The van der Waals surface area contributed by atoms with Crippen LogP contribution in [0.25, 0.3) is 0 Å². The van der Waals surface area contributed by atoms with Crippen LogP contribution < -0.4 is 16.6 Å². The topological polar surface area (TPSA) is 110 Å². The highest BCUT2D eigenvalue weighted by Crippen LogP contribution is 2.19. The summed E-state index contributed by atoms with van der Waals surface area (Å²) in [5, 5.41) is 14.8. The zero-order valence-electron chi connectivity index (χ0n) is 14.6. The van der Waals surface area contributed by atoms with Crippen LogP contribution in [-0.4, -0.2) is 32.7 Å². The predicted octanol–water partition coefficient (Wildman–Crippen LogP) is 3.10. The molecule has 0 unspecified atom stereocenters. The lowest BCUT2D eigenvalue weighted by atomic mass is 10.2. The van der Waals surface area contributed by atoms with Crippen molar-refractivity contribution in [2.24, 2.45) is 5.10 Å². The fourth-order valence-corrected chi connectivity index (χ4v) is 2.97. The molecular formula is C17H14ClF2N7OS. The number of hydrogen-bond donors (Lipinski definition) is 3. The molecule has 0 spiro atoms. The SMILES string of the molecule is Nn1c(N/N=C/c2cccc(Cl)c2)nnc1SCC(=O)Nc1ccc(F)cc1F. The molecule has 0 aliphatic rings. The molecule has 0 aliphatic carbocycles. The van der Waals surface area contributed by atoms with E-state index in [1.54, 1.807) is 18.2 Å². The van der Waals surface area contributed by atoms with Gasteiger partial charge in [0.15, 0.2) is 0 Å². The van der Waals surface area contributed by atoms with Crippen LogP contribution in [0.5, 0.6) is 0 Å². The molecule has 0 aliphatic heterocycles. The summed E-state index contributed by atoms with van der Waals surface area (Å²) in [5.74, 6) is 3.79. The van der Waals surface area contributed by atoms with Crippen LogP contribution in [0.15, 0.2) is 52.7 Å². The van der Waals surface area contributed by atoms with Gasteiger partial charge in [0.05, 0.1) is 17.7 Å². The van der Waals surface area contributed by atoms with E-state index < -0.39 is 17.5 Å². The zero-order chi connectivity index (χ0) is 20.8. The molecule has 0 radical (unpaired) electrons. The molecule has 0 bridgehead atoms. The lowest BCUT2D eigenvalue weighted by molar-refractivity contribution is -0.113. The summed E-state index contributed by atoms with van der Waals surface area (Å²) < 4.78 is 27.6.